The van der Waals surface area contributed by atoms with Crippen molar-refractivity contribution in [3.63, 3.8) is 0 Å². The normalized spacial score (nSPS) is 10.8. The lowest BCUT2D eigenvalue weighted by atomic mass is 10.1. The summed E-state index contributed by atoms with van der Waals surface area (Å²) < 4.78 is 5.49. The van der Waals surface area contributed by atoms with Crippen LogP contribution in [0.2, 0.25) is 5.15 Å². The lowest BCUT2D eigenvalue weighted by Gasteiger charge is -2.08. The highest BCUT2D eigenvalue weighted by atomic mass is 35.5. The van der Waals surface area contributed by atoms with E-state index in [1.165, 1.54) is 0 Å². The van der Waals surface area contributed by atoms with Crippen molar-refractivity contribution in [3.05, 3.63) is 23.5 Å². The number of hydrogen-bond donors (Lipinski definition) is 1. The number of aromatic nitrogens is 1. The summed E-state index contributed by atoms with van der Waals surface area (Å²) in [6, 6.07) is 3.69. The first-order valence-electron chi connectivity index (χ1n) is 5.61. The molecular weight excluding hydrogens is 224 g/mol. The molecule has 0 saturated carbocycles. The summed E-state index contributed by atoms with van der Waals surface area (Å²) in [5.74, 6) is 0.701. The van der Waals surface area contributed by atoms with Crippen LogP contribution in [0.3, 0.4) is 0 Å². The number of nitrogens with zero attached hydrogens (tertiary/aromatic N) is 1. The summed E-state index contributed by atoms with van der Waals surface area (Å²) in [4.78, 5) is 3.91. The Morgan fingerprint density at radius 3 is 2.94 bits per heavy atom. The molecule has 0 fully saturated rings. The van der Waals surface area contributed by atoms with E-state index in [0.717, 1.165) is 25.3 Å². The van der Waals surface area contributed by atoms with Gasteiger partial charge in [-0.1, -0.05) is 25.4 Å². The van der Waals surface area contributed by atoms with Gasteiger partial charge in [0, 0.05) is 25.0 Å². The van der Waals surface area contributed by atoms with E-state index in [1.807, 2.05) is 6.07 Å². The van der Waals surface area contributed by atoms with Gasteiger partial charge in [-0.15, -0.1) is 0 Å². The van der Waals surface area contributed by atoms with Crippen LogP contribution in [0.1, 0.15) is 20.3 Å². The van der Waals surface area contributed by atoms with E-state index in [9.17, 15) is 0 Å². The number of anilines is 1. The molecule has 0 aliphatic carbocycles. The molecule has 0 saturated heterocycles. The smallest absolute Gasteiger partial charge is 0.131 e. The van der Waals surface area contributed by atoms with Gasteiger partial charge in [-0.25, -0.2) is 4.98 Å². The van der Waals surface area contributed by atoms with E-state index in [0.29, 0.717) is 17.7 Å². The van der Waals surface area contributed by atoms with E-state index in [1.54, 1.807) is 12.3 Å². The molecule has 0 radical (unpaired) electrons. The van der Waals surface area contributed by atoms with Gasteiger partial charge in [-0.3, -0.25) is 0 Å². The van der Waals surface area contributed by atoms with Gasteiger partial charge >= 0.3 is 0 Å². The largest absolute Gasteiger partial charge is 0.383 e. The second-order valence-electron chi connectivity index (χ2n) is 4.09. The monoisotopic (exact) mass is 242 g/mol. The zero-order valence-corrected chi connectivity index (χ0v) is 10.6. The average Bonchev–Trinajstić information content (AvgIpc) is 2.23. The Balaban J connectivity index is 2.07. The van der Waals surface area contributed by atoms with Gasteiger partial charge in [0.15, 0.2) is 0 Å². The second-order valence-corrected chi connectivity index (χ2v) is 4.48. The van der Waals surface area contributed by atoms with Crippen LogP contribution in [0.15, 0.2) is 18.3 Å². The van der Waals surface area contributed by atoms with Crippen LogP contribution in [0, 0.1) is 5.92 Å². The fraction of sp³-hybridized carbons (Fsp3) is 0.583. The summed E-state index contributed by atoms with van der Waals surface area (Å²) >= 11 is 5.76. The number of pyridine rings is 1. The Labute approximate surface area is 102 Å². The van der Waals surface area contributed by atoms with Gasteiger partial charge in [-0.05, 0) is 24.5 Å². The van der Waals surface area contributed by atoms with Crippen LogP contribution >= 0.6 is 11.6 Å². The number of rotatable bonds is 7. The van der Waals surface area contributed by atoms with Crippen LogP contribution in [-0.2, 0) is 4.74 Å². The first-order valence-corrected chi connectivity index (χ1v) is 5.99. The van der Waals surface area contributed by atoms with Gasteiger partial charge in [0.2, 0.25) is 0 Å². The molecule has 4 heteroatoms. The summed E-state index contributed by atoms with van der Waals surface area (Å²) in [6.45, 7) is 6.72. The number of hydrogen-bond acceptors (Lipinski definition) is 3. The first-order chi connectivity index (χ1) is 7.68. The quantitative estimate of drug-likeness (QED) is 0.589. The Morgan fingerprint density at radius 1 is 1.44 bits per heavy atom. The molecule has 0 atom stereocenters. The predicted octanol–water partition coefficient (Wildman–Crippen LogP) is 3.21. The van der Waals surface area contributed by atoms with Gasteiger partial charge < -0.3 is 10.1 Å². The maximum Gasteiger partial charge on any atom is 0.131 e. The highest BCUT2D eigenvalue weighted by Crippen LogP contribution is 2.11. The molecule has 1 aromatic heterocycles. The molecule has 3 nitrogen and oxygen atoms in total. The molecule has 1 heterocycles. The van der Waals surface area contributed by atoms with Crippen LogP contribution in [0.25, 0.3) is 0 Å². The number of halogens is 1. The first kappa shape index (κ1) is 13.3. The molecule has 0 unspecified atom stereocenters. The number of nitrogens with one attached hydrogen (secondary N) is 1. The minimum atomic E-state index is 0.505. The molecule has 1 rings (SSSR count). The summed E-state index contributed by atoms with van der Waals surface area (Å²) in [7, 11) is 0. The van der Waals surface area contributed by atoms with Gasteiger partial charge in [0.05, 0.1) is 6.61 Å². The highest BCUT2D eigenvalue weighted by molar-refractivity contribution is 6.29. The van der Waals surface area contributed by atoms with Crippen LogP contribution in [0.5, 0.6) is 0 Å². The van der Waals surface area contributed by atoms with Gasteiger partial charge in [0.1, 0.15) is 5.15 Å². The topological polar surface area (TPSA) is 34.1 Å². The third-order valence-electron chi connectivity index (χ3n) is 2.14. The van der Waals surface area contributed by atoms with Crippen molar-refractivity contribution >= 4 is 17.3 Å². The third-order valence-corrected chi connectivity index (χ3v) is 2.35. The average molecular weight is 243 g/mol. The van der Waals surface area contributed by atoms with Crippen molar-refractivity contribution in [1.29, 1.82) is 0 Å². The van der Waals surface area contributed by atoms with E-state index in [4.69, 9.17) is 16.3 Å². The second kappa shape index (κ2) is 7.47. The van der Waals surface area contributed by atoms with Crippen molar-refractivity contribution in [1.82, 2.24) is 4.98 Å². The van der Waals surface area contributed by atoms with Crippen LogP contribution in [-0.4, -0.2) is 24.7 Å². The lowest BCUT2D eigenvalue weighted by molar-refractivity contribution is 0.132. The van der Waals surface area contributed by atoms with Crippen molar-refractivity contribution in [2.24, 2.45) is 5.92 Å². The maximum absolute atomic E-state index is 5.76. The van der Waals surface area contributed by atoms with Crippen molar-refractivity contribution < 1.29 is 4.74 Å². The number of ether oxygens (including phenoxy) is 1. The van der Waals surface area contributed by atoms with Gasteiger partial charge in [-0.2, -0.15) is 0 Å². The van der Waals surface area contributed by atoms with E-state index >= 15 is 0 Å². The highest BCUT2D eigenvalue weighted by Gasteiger charge is 1.95. The predicted molar refractivity (Wildman–Crippen MR) is 68.0 cm³/mol. The van der Waals surface area contributed by atoms with Crippen LogP contribution < -0.4 is 5.32 Å². The molecule has 0 aromatic carbocycles. The Hall–Kier alpha value is -0.800. The van der Waals surface area contributed by atoms with Crippen molar-refractivity contribution in [2.45, 2.75) is 20.3 Å². The maximum atomic E-state index is 5.76. The summed E-state index contributed by atoms with van der Waals surface area (Å²) in [6.07, 6.45) is 2.80. The molecule has 1 N–H and O–H groups in total. The lowest BCUT2D eigenvalue weighted by Crippen LogP contribution is -2.10. The van der Waals surface area contributed by atoms with Crippen molar-refractivity contribution in [3.8, 4) is 0 Å². The van der Waals surface area contributed by atoms with Gasteiger partial charge in [0.25, 0.3) is 0 Å². The standard InChI is InChI=1S/C12H19ClN2O/c1-10(2)4-7-16-8-6-14-11-3-5-15-12(13)9-11/h3,5,9-10H,4,6-8H2,1-2H3,(H,14,15). The molecule has 0 aliphatic rings. The summed E-state index contributed by atoms with van der Waals surface area (Å²) in [5.41, 5.74) is 0.979. The Kier molecular flexibility index (Phi) is 6.19. The van der Waals surface area contributed by atoms with E-state index < -0.39 is 0 Å². The molecule has 1 aromatic rings. The Morgan fingerprint density at radius 2 is 2.25 bits per heavy atom. The van der Waals surface area contributed by atoms with E-state index in [2.05, 4.69) is 24.1 Å². The van der Waals surface area contributed by atoms with Crippen LogP contribution in [0.4, 0.5) is 5.69 Å². The molecule has 0 amide bonds. The minimum Gasteiger partial charge on any atom is -0.383 e. The fourth-order valence-corrected chi connectivity index (χ4v) is 1.37. The van der Waals surface area contributed by atoms with Crippen molar-refractivity contribution in [2.75, 3.05) is 25.1 Å². The summed E-state index contributed by atoms with van der Waals surface area (Å²) in [5, 5.41) is 3.73. The Bertz CT molecular complexity index is 305. The molecule has 16 heavy (non-hydrogen) atoms. The zero-order chi connectivity index (χ0) is 11.8. The fourth-order valence-electron chi connectivity index (χ4n) is 1.20. The molecule has 0 spiro atoms. The third kappa shape index (κ3) is 5.93. The molecular formula is C12H19ClN2O. The molecule has 0 aliphatic heterocycles. The minimum absolute atomic E-state index is 0.505. The molecule has 0 bridgehead atoms. The van der Waals surface area contributed by atoms with E-state index in [-0.39, 0.29) is 0 Å². The zero-order valence-electron chi connectivity index (χ0n) is 9.87. The SMILES string of the molecule is CC(C)CCOCCNc1ccnc(Cl)c1. The molecule has 90 valence electrons.